The number of rotatable bonds is 4. The van der Waals surface area contributed by atoms with Crippen LogP contribution in [0.25, 0.3) is 11.1 Å². The molecule has 0 aliphatic carbocycles. The summed E-state index contributed by atoms with van der Waals surface area (Å²) in [5.41, 5.74) is 0.413. The summed E-state index contributed by atoms with van der Waals surface area (Å²) in [5.74, 6) is -2.04. The first-order valence-electron chi connectivity index (χ1n) is 12.2. The van der Waals surface area contributed by atoms with Crippen LogP contribution >= 0.6 is 0 Å². The Morgan fingerprint density at radius 2 is 1.49 bits per heavy atom. The van der Waals surface area contributed by atoms with E-state index in [0.29, 0.717) is 50.1 Å². The molecule has 3 aromatic carbocycles. The van der Waals surface area contributed by atoms with Gasteiger partial charge < -0.3 is 9.80 Å². The van der Waals surface area contributed by atoms with Crippen LogP contribution in [0.2, 0.25) is 0 Å². The fourth-order valence-corrected chi connectivity index (χ4v) is 5.44. The Kier molecular flexibility index (Phi) is 6.69. The molecule has 190 valence electrons. The highest BCUT2D eigenvalue weighted by Crippen LogP contribution is 2.34. The summed E-state index contributed by atoms with van der Waals surface area (Å²) in [6, 6.07) is 17.2. The van der Waals surface area contributed by atoms with Crippen molar-refractivity contribution < 1.29 is 23.3 Å². The van der Waals surface area contributed by atoms with Gasteiger partial charge in [-0.05, 0) is 54.5 Å². The molecule has 2 atom stereocenters. The molecule has 0 saturated carbocycles. The predicted octanol–water partition coefficient (Wildman–Crippen LogP) is 5.16. The Labute approximate surface area is 212 Å². The molecule has 7 nitrogen and oxygen atoms in total. The van der Waals surface area contributed by atoms with Gasteiger partial charge in [-0.2, -0.15) is 4.39 Å². The number of carbonyl (C=O) groups excluding carboxylic acids is 2. The molecule has 0 aromatic heterocycles. The molecule has 2 fully saturated rings. The standard InChI is InChI=1S/C28H25F2N3O4/c29-24-8-4-7-23(26(24)33(36)37)28(35)32-16-20-11-13-31(14-12-21(20)17-32)27(34)19-9-10-22(25(30)15-19)18-5-2-1-3-6-18/h1-10,15,20-21H,11-14,16-17H2/t20-,21+. The SMILES string of the molecule is O=C(c1ccc(-c2ccccc2)c(F)c1)N1CC[C@@H]2CN(C(=O)c3cccc(F)c3[N+](=O)[O-])C[C@@H]2CC1. The zero-order valence-electron chi connectivity index (χ0n) is 20.0. The second kappa shape index (κ2) is 10.1. The summed E-state index contributed by atoms with van der Waals surface area (Å²) in [4.78, 5) is 39.9. The zero-order valence-corrected chi connectivity index (χ0v) is 20.0. The molecule has 0 unspecified atom stereocenters. The molecule has 0 bridgehead atoms. The Morgan fingerprint density at radius 3 is 2.11 bits per heavy atom. The lowest BCUT2D eigenvalue weighted by molar-refractivity contribution is -0.387. The number of halogens is 2. The second-order valence-corrected chi connectivity index (χ2v) is 9.55. The predicted molar refractivity (Wildman–Crippen MR) is 133 cm³/mol. The zero-order chi connectivity index (χ0) is 26.1. The van der Waals surface area contributed by atoms with E-state index < -0.39 is 28.2 Å². The topological polar surface area (TPSA) is 83.8 Å². The number of amides is 2. The molecule has 37 heavy (non-hydrogen) atoms. The molecule has 9 heteroatoms. The number of benzene rings is 3. The molecule has 0 N–H and O–H groups in total. The van der Waals surface area contributed by atoms with Crippen LogP contribution in [0.3, 0.4) is 0 Å². The maximum Gasteiger partial charge on any atom is 0.317 e. The summed E-state index contributed by atoms with van der Waals surface area (Å²) >= 11 is 0. The van der Waals surface area contributed by atoms with Crippen molar-refractivity contribution >= 4 is 17.5 Å². The van der Waals surface area contributed by atoms with E-state index in [4.69, 9.17) is 0 Å². The fourth-order valence-electron chi connectivity index (χ4n) is 5.44. The van der Waals surface area contributed by atoms with Crippen molar-refractivity contribution in [3.63, 3.8) is 0 Å². The quantitative estimate of drug-likeness (QED) is 0.362. The van der Waals surface area contributed by atoms with Gasteiger partial charge in [-0.3, -0.25) is 19.7 Å². The molecule has 5 rings (SSSR count). The van der Waals surface area contributed by atoms with Gasteiger partial charge in [-0.1, -0.05) is 42.5 Å². The number of hydrogen-bond donors (Lipinski definition) is 0. The van der Waals surface area contributed by atoms with Crippen LogP contribution in [0.15, 0.2) is 66.7 Å². The van der Waals surface area contributed by atoms with E-state index >= 15 is 0 Å². The van der Waals surface area contributed by atoms with Crippen LogP contribution in [0.4, 0.5) is 14.5 Å². The molecule has 2 aliphatic rings. The highest BCUT2D eigenvalue weighted by molar-refractivity contribution is 5.98. The first kappa shape index (κ1) is 24.5. The summed E-state index contributed by atoms with van der Waals surface area (Å²) in [6.45, 7) is 1.70. The number of para-hydroxylation sites is 1. The van der Waals surface area contributed by atoms with E-state index in [0.717, 1.165) is 11.6 Å². The van der Waals surface area contributed by atoms with Gasteiger partial charge in [0.15, 0.2) is 0 Å². The average molecular weight is 506 g/mol. The van der Waals surface area contributed by atoms with Crippen LogP contribution in [0.1, 0.15) is 33.6 Å². The number of carbonyl (C=O) groups is 2. The Balaban J connectivity index is 1.25. The molecule has 2 saturated heterocycles. The maximum atomic E-state index is 14.8. The molecule has 3 aromatic rings. The average Bonchev–Trinajstić information content (AvgIpc) is 3.20. The van der Waals surface area contributed by atoms with Gasteiger partial charge in [0.1, 0.15) is 11.4 Å². The fraction of sp³-hybridized carbons (Fsp3) is 0.286. The van der Waals surface area contributed by atoms with Crippen molar-refractivity contribution in [1.29, 1.82) is 0 Å². The minimum absolute atomic E-state index is 0.117. The molecule has 0 spiro atoms. The number of hydrogen-bond acceptors (Lipinski definition) is 4. The third-order valence-corrected chi connectivity index (χ3v) is 7.39. The monoisotopic (exact) mass is 505 g/mol. The molecular weight excluding hydrogens is 480 g/mol. The maximum absolute atomic E-state index is 14.8. The minimum Gasteiger partial charge on any atom is -0.339 e. The van der Waals surface area contributed by atoms with Crippen LogP contribution in [0, 0.1) is 33.6 Å². The molecule has 2 aliphatic heterocycles. The summed E-state index contributed by atoms with van der Waals surface area (Å²) < 4.78 is 28.8. The van der Waals surface area contributed by atoms with Crippen LogP contribution in [-0.2, 0) is 0 Å². The van der Waals surface area contributed by atoms with E-state index in [1.165, 1.54) is 18.2 Å². The lowest BCUT2D eigenvalue weighted by Crippen LogP contribution is -2.34. The first-order chi connectivity index (χ1) is 17.8. The van der Waals surface area contributed by atoms with Crippen LogP contribution in [0.5, 0.6) is 0 Å². The molecule has 2 heterocycles. The number of fused-ring (bicyclic) bond motifs is 1. The number of nitro groups is 1. The third-order valence-electron chi connectivity index (χ3n) is 7.39. The van der Waals surface area contributed by atoms with E-state index in [1.54, 1.807) is 21.9 Å². The van der Waals surface area contributed by atoms with Crippen molar-refractivity contribution in [3.05, 3.63) is 99.6 Å². The van der Waals surface area contributed by atoms with Gasteiger partial charge >= 0.3 is 5.69 Å². The first-order valence-corrected chi connectivity index (χ1v) is 12.2. The van der Waals surface area contributed by atoms with Gasteiger partial charge in [0.2, 0.25) is 5.82 Å². The van der Waals surface area contributed by atoms with Crippen LogP contribution < -0.4 is 0 Å². The minimum atomic E-state index is -1.04. The molecular formula is C28H25F2N3O4. The highest BCUT2D eigenvalue weighted by Gasteiger charge is 2.39. The number of likely N-dealkylation sites (tertiary alicyclic amines) is 2. The smallest absolute Gasteiger partial charge is 0.317 e. The lowest BCUT2D eigenvalue weighted by Gasteiger charge is -2.23. The summed E-state index contributed by atoms with van der Waals surface area (Å²) in [5, 5.41) is 11.3. The largest absolute Gasteiger partial charge is 0.339 e. The Hall–Kier alpha value is -4.14. The van der Waals surface area contributed by atoms with E-state index in [1.807, 2.05) is 30.3 Å². The van der Waals surface area contributed by atoms with Gasteiger partial charge in [0.25, 0.3) is 11.8 Å². The van der Waals surface area contributed by atoms with E-state index in [-0.39, 0.29) is 23.3 Å². The second-order valence-electron chi connectivity index (χ2n) is 9.55. The Bertz CT molecular complexity index is 1350. The highest BCUT2D eigenvalue weighted by atomic mass is 19.1. The molecule has 0 radical (unpaired) electrons. The van der Waals surface area contributed by atoms with Gasteiger partial charge in [0, 0.05) is 37.3 Å². The van der Waals surface area contributed by atoms with Crippen molar-refractivity contribution in [1.82, 2.24) is 9.80 Å². The number of nitrogens with zero attached hydrogens (tertiary/aromatic N) is 3. The van der Waals surface area contributed by atoms with Gasteiger partial charge in [0.05, 0.1) is 4.92 Å². The van der Waals surface area contributed by atoms with Crippen molar-refractivity contribution in [2.24, 2.45) is 11.8 Å². The number of nitro benzene ring substituents is 1. The van der Waals surface area contributed by atoms with Crippen molar-refractivity contribution in [3.8, 4) is 11.1 Å². The summed E-state index contributed by atoms with van der Waals surface area (Å²) in [6.07, 6.45) is 1.30. The van der Waals surface area contributed by atoms with Gasteiger partial charge in [-0.25, -0.2) is 4.39 Å². The summed E-state index contributed by atoms with van der Waals surface area (Å²) in [7, 11) is 0. The normalized spacial score (nSPS) is 19.3. The van der Waals surface area contributed by atoms with Crippen LogP contribution in [-0.4, -0.2) is 52.7 Å². The third kappa shape index (κ3) is 4.81. The van der Waals surface area contributed by atoms with Crippen molar-refractivity contribution in [2.75, 3.05) is 26.2 Å². The van der Waals surface area contributed by atoms with Crippen molar-refractivity contribution in [2.45, 2.75) is 12.8 Å². The van der Waals surface area contributed by atoms with E-state index in [9.17, 15) is 28.5 Å². The Morgan fingerprint density at radius 1 is 0.811 bits per heavy atom. The lowest BCUT2D eigenvalue weighted by atomic mass is 9.92. The van der Waals surface area contributed by atoms with Gasteiger partial charge in [-0.15, -0.1) is 0 Å². The molecule has 2 amide bonds. The van der Waals surface area contributed by atoms with E-state index in [2.05, 4.69) is 0 Å².